The van der Waals surface area contributed by atoms with Crippen molar-refractivity contribution in [3.05, 3.63) is 24.3 Å². The van der Waals surface area contributed by atoms with Crippen molar-refractivity contribution in [1.82, 2.24) is 10.6 Å². The molecule has 1 aromatic carbocycles. The zero-order valence-electron chi connectivity index (χ0n) is 12.1. The van der Waals surface area contributed by atoms with Crippen LogP contribution in [0.4, 0.5) is 13.2 Å². The van der Waals surface area contributed by atoms with Gasteiger partial charge in [-0.05, 0) is 12.1 Å². The average molecular weight is 317 g/mol. The van der Waals surface area contributed by atoms with Crippen LogP contribution in [0.15, 0.2) is 29.3 Å². The Morgan fingerprint density at radius 3 is 2.68 bits per heavy atom. The lowest BCUT2D eigenvalue weighted by Crippen LogP contribution is -2.45. The van der Waals surface area contributed by atoms with Crippen molar-refractivity contribution in [2.24, 2.45) is 4.99 Å². The Hall–Kier alpha value is -2.12. The molecular formula is C14H18F3N3O2. The summed E-state index contributed by atoms with van der Waals surface area (Å²) < 4.78 is 47.6. The van der Waals surface area contributed by atoms with Crippen molar-refractivity contribution in [3.63, 3.8) is 0 Å². The number of hydrogen-bond acceptors (Lipinski definition) is 3. The number of benzene rings is 1. The third-order valence-corrected chi connectivity index (χ3v) is 2.99. The largest absolute Gasteiger partial charge is 0.486 e. The molecule has 8 heteroatoms. The summed E-state index contributed by atoms with van der Waals surface area (Å²) in [5, 5.41) is 5.53. The minimum absolute atomic E-state index is 0.228. The molecule has 0 amide bonds. The Bertz CT molecular complexity index is 520. The molecule has 1 aliphatic rings. The van der Waals surface area contributed by atoms with Gasteiger partial charge in [-0.2, -0.15) is 13.2 Å². The van der Waals surface area contributed by atoms with Gasteiger partial charge in [0.25, 0.3) is 0 Å². The second-order valence-electron chi connectivity index (χ2n) is 4.74. The first-order valence-corrected chi connectivity index (χ1v) is 6.87. The zero-order valence-corrected chi connectivity index (χ0v) is 12.1. The molecule has 0 spiro atoms. The van der Waals surface area contributed by atoms with E-state index in [9.17, 15) is 13.2 Å². The van der Waals surface area contributed by atoms with Crippen LogP contribution in [0.1, 0.15) is 6.42 Å². The summed E-state index contributed by atoms with van der Waals surface area (Å²) in [5.41, 5.74) is 0. The predicted molar refractivity (Wildman–Crippen MR) is 76.4 cm³/mol. The van der Waals surface area contributed by atoms with E-state index in [0.717, 1.165) is 0 Å². The maximum absolute atomic E-state index is 12.1. The average Bonchev–Trinajstić information content (AvgIpc) is 2.49. The van der Waals surface area contributed by atoms with Gasteiger partial charge in [-0.3, -0.25) is 4.99 Å². The molecule has 1 unspecified atom stereocenters. The Morgan fingerprint density at radius 1 is 1.27 bits per heavy atom. The topological polar surface area (TPSA) is 54.9 Å². The molecule has 1 atom stereocenters. The summed E-state index contributed by atoms with van der Waals surface area (Å²) in [7, 11) is 1.50. The summed E-state index contributed by atoms with van der Waals surface area (Å²) in [5.74, 6) is 1.64. The lowest BCUT2D eigenvalue weighted by atomic mass is 10.2. The zero-order chi connectivity index (χ0) is 16.0. The van der Waals surface area contributed by atoms with Gasteiger partial charge in [0.1, 0.15) is 12.7 Å². The van der Waals surface area contributed by atoms with E-state index >= 15 is 0 Å². The number of alkyl halides is 3. The predicted octanol–water partition coefficient (Wildman–Crippen LogP) is 1.94. The molecule has 2 N–H and O–H groups in total. The highest BCUT2D eigenvalue weighted by Crippen LogP contribution is 2.30. The molecule has 0 radical (unpaired) electrons. The Balaban J connectivity index is 1.75. The fourth-order valence-corrected chi connectivity index (χ4v) is 1.92. The maximum Gasteiger partial charge on any atom is 0.390 e. The van der Waals surface area contributed by atoms with Gasteiger partial charge in [-0.25, -0.2) is 0 Å². The van der Waals surface area contributed by atoms with Crippen LogP contribution < -0.4 is 20.1 Å². The number of rotatable bonds is 4. The molecule has 0 bridgehead atoms. The molecule has 0 aliphatic carbocycles. The van der Waals surface area contributed by atoms with E-state index in [-0.39, 0.29) is 12.6 Å². The molecule has 1 aromatic rings. The number of guanidine groups is 1. The van der Waals surface area contributed by atoms with Crippen LogP contribution in [0.25, 0.3) is 0 Å². The highest BCUT2D eigenvalue weighted by atomic mass is 19.4. The molecule has 2 rings (SSSR count). The first kappa shape index (κ1) is 16.3. The first-order chi connectivity index (χ1) is 10.5. The summed E-state index contributed by atoms with van der Waals surface area (Å²) >= 11 is 0. The molecule has 1 aliphatic heterocycles. The standard InChI is InChI=1S/C14H18F3N3O2/c1-18-13(19-7-6-14(15,16)17)20-8-10-9-21-11-4-2-3-5-12(11)22-10/h2-5,10H,6-9H2,1H3,(H2,18,19,20). The monoisotopic (exact) mass is 317 g/mol. The molecule has 122 valence electrons. The van der Waals surface area contributed by atoms with Crippen molar-refractivity contribution in [3.8, 4) is 11.5 Å². The minimum Gasteiger partial charge on any atom is -0.486 e. The van der Waals surface area contributed by atoms with Gasteiger partial charge < -0.3 is 20.1 Å². The summed E-state index contributed by atoms with van der Waals surface area (Å²) in [4.78, 5) is 3.87. The van der Waals surface area contributed by atoms with Crippen LogP contribution in [0, 0.1) is 0 Å². The second kappa shape index (κ2) is 7.24. The van der Waals surface area contributed by atoms with E-state index in [1.165, 1.54) is 7.05 Å². The van der Waals surface area contributed by atoms with E-state index < -0.39 is 12.6 Å². The number of halogens is 3. The molecule has 5 nitrogen and oxygen atoms in total. The number of nitrogens with one attached hydrogen (secondary N) is 2. The lowest BCUT2D eigenvalue weighted by molar-refractivity contribution is -0.132. The number of ether oxygens (including phenoxy) is 2. The third kappa shape index (κ3) is 5.01. The van der Waals surface area contributed by atoms with Gasteiger partial charge in [-0.15, -0.1) is 0 Å². The van der Waals surface area contributed by atoms with Crippen molar-refractivity contribution in [2.45, 2.75) is 18.7 Å². The summed E-state index contributed by atoms with van der Waals surface area (Å²) in [6, 6.07) is 7.32. The van der Waals surface area contributed by atoms with Crippen LogP contribution in [0.2, 0.25) is 0 Å². The van der Waals surface area contributed by atoms with E-state index in [1.807, 2.05) is 18.2 Å². The fraction of sp³-hybridized carbons (Fsp3) is 0.500. The maximum atomic E-state index is 12.1. The Kier molecular flexibility index (Phi) is 5.35. The van der Waals surface area contributed by atoms with E-state index in [2.05, 4.69) is 15.6 Å². The summed E-state index contributed by atoms with van der Waals surface area (Å²) in [6.45, 7) is 0.512. The van der Waals surface area contributed by atoms with Crippen molar-refractivity contribution in [1.29, 1.82) is 0 Å². The van der Waals surface area contributed by atoms with Gasteiger partial charge in [0.15, 0.2) is 17.5 Å². The van der Waals surface area contributed by atoms with Crippen LogP contribution in [0.3, 0.4) is 0 Å². The molecule has 0 fully saturated rings. The number of nitrogens with zero attached hydrogens (tertiary/aromatic N) is 1. The minimum atomic E-state index is -4.18. The number of para-hydroxylation sites is 2. The molecule has 0 saturated heterocycles. The number of hydrogen-bond donors (Lipinski definition) is 2. The third-order valence-electron chi connectivity index (χ3n) is 2.99. The quantitative estimate of drug-likeness (QED) is 0.658. The van der Waals surface area contributed by atoms with Gasteiger partial charge in [0, 0.05) is 13.6 Å². The SMILES string of the molecule is CN=C(NCCC(F)(F)F)NCC1COc2ccccc2O1. The lowest BCUT2D eigenvalue weighted by Gasteiger charge is -2.27. The van der Waals surface area contributed by atoms with E-state index in [4.69, 9.17) is 9.47 Å². The first-order valence-electron chi connectivity index (χ1n) is 6.87. The molecule has 1 heterocycles. The van der Waals surface area contributed by atoms with E-state index in [1.54, 1.807) is 6.07 Å². The van der Waals surface area contributed by atoms with Gasteiger partial charge in [0.05, 0.1) is 13.0 Å². The fourth-order valence-electron chi connectivity index (χ4n) is 1.92. The summed E-state index contributed by atoms with van der Waals surface area (Å²) in [6.07, 6.45) is -5.34. The second-order valence-corrected chi connectivity index (χ2v) is 4.74. The van der Waals surface area contributed by atoms with Crippen molar-refractivity contribution in [2.75, 3.05) is 26.7 Å². The van der Waals surface area contributed by atoms with Crippen LogP contribution in [-0.2, 0) is 0 Å². The highest BCUT2D eigenvalue weighted by Gasteiger charge is 2.26. The molecule has 0 saturated carbocycles. The van der Waals surface area contributed by atoms with Gasteiger partial charge in [0.2, 0.25) is 0 Å². The van der Waals surface area contributed by atoms with Crippen molar-refractivity contribution < 1.29 is 22.6 Å². The molecule has 0 aromatic heterocycles. The number of fused-ring (bicyclic) bond motifs is 1. The highest BCUT2D eigenvalue weighted by molar-refractivity contribution is 5.79. The van der Waals surface area contributed by atoms with Crippen LogP contribution >= 0.6 is 0 Å². The number of aliphatic imine (C=N–C) groups is 1. The van der Waals surface area contributed by atoms with Crippen LogP contribution in [0.5, 0.6) is 11.5 Å². The van der Waals surface area contributed by atoms with E-state index in [0.29, 0.717) is 30.6 Å². The smallest absolute Gasteiger partial charge is 0.390 e. The molecular weight excluding hydrogens is 299 g/mol. The van der Waals surface area contributed by atoms with Gasteiger partial charge >= 0.3 is 6.18 Å². The van der Waals surface area contributed by atoms with Crippen molar-refractivity contribution >= 4 is 5.96 Å². The van der Waals surface area contributed by atoms with Gasteiger partial charge in [-0.1, -0.05) is 12.1 Å². The Morgan fingerprint density at radius 2 is 2.00 bits per heavy atom. The molecule has 22 heavy (non-hydrogen) atoms. The Labute approximate surface area is 126 Å². The normalized spacial score (nSPS) is 18.0. The van der Waals surface area contributed by atoms with Crippen LogP contribution in [-0.4, -0.2) is 45.0 Å².